The van der Waals surface area contributed by atoms with E-state index in [2.05, 4.69) is 131 Å². The van der Waals surface area contributed by atoms with Crippen LogP contribution in [0.3, 0.4) is 0 Å². The first-order valence-electron chi connectivity index (χ1n) is 12.0. The lowest BCUT2D eigenvalue weighted by Gasteiger charge is -2.36. The van der Waals surface area contributed by atoms with Gasteiger partial charge >= 0.3 is 0 Å². The zero-order chi connectivity index (χ0) is 24.2. The molecule has 1 aromatic heterocycles. The van der Waals surface area contributed by atoms with Crippen molar-refractivity contribution in [3.05, 3.63) is 162 Å². The van der Waals surface area contributed by atoms with Crippen molar-refractivity contribution in [1.82, 2.24) is 20.2 Å². The highest BCUT2D eigenvalue weighted by atomic mass is 15.6. The van der Waals surface area contributed by atoms with Gasteiger partial charge in [-0.05, 0) is 38.2 Å². The second kappa shape index (κ2) is 9.43. The molecule has 1 heterocycles. The molecule has 0 saturated heterocycles. The van der Waals surface area contributed by atoms with Crippen LogP contribution in [0.2, 0.25) is 0 Å². The molecule has 0 saturated carbocycles. The predicted octanol–water partition coefficient (Wildman–Crippen LogP) is 6.85. The normalized spacial score (nSPS) is 11.3. The fourth-order valence-corrected chi connectivity index (χ4v) is 5.03. The summed E-state index contributed by atoms with van der Waals surface area (Å²) in [5.41, 5.74) is 5.62. The lowest BCUT2D eigenvalue weighted by atomic mass is 9.77. The van der Waals surface area contributed by atoms with E-state index >= 15 is 0 Å². The summed E-state index contributed by atoms with van der Waals surface area (Å²) in [5.74, 6) is 0.700. The molecule has 36 heavy (non-hydrogen) atoms. The maximum absolute atomic E-state index is 4.68. The van der Waals surface area contributed by atoms with E-state index in [9.17, 15) is 0 Å². The van der Waals surface area contributed by atoms with Gasteiger partial charge < -0.3 is 0 Å². The van der Waals surface area contributed by atoms with Crippen molar-refractivity contribution in [3.63, 3.8) is 0 Å². The van der Waals surface area contributed by atoms with Crippen LogP contribution in [-0.4, -0.2) is 20.2 Å². The second-order valence-electron chi connectivity index (χ2n) is 8.63. The van der Waals surface area contributed by atoms with Crippen LogP contribution < -0.4 is 0 Å². The Morgan fingerprint density at radius 1 is 0.444 bits per heavy atom. The van der Waals surface area contributed by atoms with Gasteiger partial charge in [0, 0.05) is 5.56 Å². The monoisotopic (exact) mass is 464 g/mol. The quantitative estimate of drug-likeness (QED) is 0.253. The molecule has 0 aliphatic heterocycles. The number of hydrogen-bond acceptors (Lipinski definition) is 3. The molecule has 0 fully saturated rings. The molecule has 4 nitrogen and oxygen atoms in total. The lowest BCUT2D eigenvalue weighted by molar-refractivity contribution is 0.451. The van der Waals surface area contributed by atoms with E-state index in [0.29, 0.717) is 5.82 Å². The first-order chi connectivity index (χ1) is 17.9. The zero-order valence-electron chi connectivity index (χ0n) is 19.6. The van der Waals surface area contributed by atoms with E-state index in [4.69, 9.17) is 0 Å². The van der Waals surface area contributed by atoms with Crippen molar-refractivity contribution in [3.8, 4) is 22.5 Å². The molecule has 0 aliphatic rings. The fourth-order valence-electron chi connectivity index (χ4n) is 5.03. The summed E-state index contributed by atoms with van der Waals surface area (Å²) in [6, 6.07) is 50.1. The summed E-state index contributed by atoms with van der Waals surface area (Å²) in [6.07, 6.45) is 0. The Kier molecular flexibility index (Phi) is 5.68. The Balaban J connectivity index is 1.70. The molecule has 0 bridgehead atoms. The van der Waals surface area contributed by atoms with Crippen LogP contribution in [0.1, 0.15) is 16.7 Å². The number of rotatable bonds is 6. The van der Waals surface area contributed by atoms with Crippen molar-refractivity contribution in [1.29, 1.82) is 0 Å². The van der Waals surface area contributed by atoms with E-state index in [0.717, 1.165) is 33.4 Å². The van der Waals surface area contributed by atoms with Crippen molar-refractivity contribution in [2.45, 2.75) is 5.54 Å². The minimum Gasteiger partial charge on any atom is -0.205 e. The highest BCUT2D eigenvalue weighted by molar-refractivity contribution is 5.80. The number of aromatic nitrogens is 4. The Morgan fingerprint density at radius 2 is 0.861 bits per heavy atom. The third-order valence-corrected chi connectivity index (χ3v) is 6.61. The molecule has 6 aromatic rings. The van der Waals surface area contributed by atoms with Gasteiger partial charge in [-0.25, -0.2) is 4.68 Å². The number of nitrogens with zero attached hydrogens (tertiary/aromatic N) is 4. The topological polar surface area (TPSA) is 43.6 Å². The predicted molar refractivity (Wildman–Crippen MR) is 143 cm³/mol. The average molecular weight is 465 g/mol. The Morgan fingerprint density at radius 3 is 1.36 bits per heavy atom. The summed E-state index contributed by atoms with van der Waals surface area (Å²) in [7, 11) is 0. The van der Waals surface area contributed by atoms with E-state index in [1.807, 2.05) is 35.0 Å². The maximum atomic E-state index is 4.68. The van der Waals surface area contributed by atoms with E-state index in [1.165, 1.54) is 0 Å². The first kappa shape index (κ1) is 21.7. The van der Waals surface area contributed by atoms with Crippen molar-refractivity contribution < 1.29 is 0 Å². The second-order valence-corrected chi connectivity index (χ2v) is 8.63. The first-order valence-corrected chi connectivity index (χ1v) is 12.0. The zero-order valence-corrected chi connectivity index (χ0v) is 19.6. The number of hydrogen-bond donors (Lipinski definition) is 0. The third kappa shape index (κ3) is 3.60. The molecule has 0 spiro atoms. The molecule has 4 heteroatoms. The fraction of sp³-hybridized carbons (Fsp3) is 0.0312. The van der Waals surface area contributed by atoms with Crippen molar-refractivity contribution >= 4 is 0 Å². The SMILES string of the molecule is c1ccc(-c2ccccc2-c2nnnn2C(c2ccccc2)(c2ccccc2)c2ccccc2)cc1. The van der Waals surface area contributed by atoms with Gasteiger partial charge in [0.2, 0.25) is 0 Å². The largest absolute Gasteiger partial charge is 0.205 e. The van der Waals surface area contributed by atoms with Gasteiger partial charge in [-0.3, -0.25) is 0 Å². The molecular weight excluding hydrogens is 440 g/mol. The van der Waals surface area contributed by atoms with Gasteiger partial charge in [-0.15, -0.1) is 5.10 Å². The summed E-state index contributed by atoms with van der Waals surface area (Å²) in [5, 5.41) is 13.5. The molecule has 6 rings (SSSR count). The highest BCUT2D eigenvalue weighted by Gasteiger charge is 2.42. The summed E-state index contributed by atoms with van der Waals surface area (Å²) >= 11 is 0. The van der Waals surface area contributed by atoms with Crippen LogP contribution in [-0.2, 0) is 5.54 Å². The molecule has 5 aromatic carbocycles. The van der Waals surface area contributed by atoms with Gasteiger partial charge in [0.05, 0.1) is 0 Å². The van der Waals surface area contributed by atoms with E-state index in [-0.39, 0.29) is 0 Å². The standard InChI is InChI=1S/C32H24N4/c1-5-15-25(16-6-1)29-23-13-14-24-30(29)31-33-34-35-36(31)32(26-17-7-2-8-18-26,27-19-9-3-10-20-27)28-21-11-4-12-22-28/h1-24H. The van der Waals surface area contributed by atoms with Crippen molar-refractivity contribution in [2.24, 2.45) is 0 Å². The van der Waals surface area contributed by atoms with E-state index < -0.39 is 5.54 Å². The summed E-state index contributed by atoms with van der Waals surface area (Å²) in [4.78, 5) is 0. The molecule has 172 valence electrons. The van der Waals surface area contributed by atoms with Crippen LogP contribution in [0.5, 0.6) is 0 Å². The smallest absolute Gasteiger partial charge is 0.184 e. The van der Waals surface area contributed by atoms with Crippen LogP contribution in [0.4, 0.5) is 0 Å². The number of benzene rings is 5. The third-order valence-electron chi connectivity index (χ3n) is 6.61. The van der Waals surface area contributed by atoms with Crippen LogP contribution in [0, 0.1) is 0 Å². The van der Waals surface area contributed by atoms with Crippen molar-refractivity contribution in [2.75, 3.05) is 0 Å². The molecule has 0 aliphatic carbocycles. The maximum Gasteiger partial charge on any atom is 0.184 e. The molecule has 0 radical (unpaired) electrons. The van der Waals surface area contributed by atoms with Gasteiger partial charge in [-0.1, -0.05) is 146 Å². The van der Waals surface area contributed by atoms with E-state index in [1.54, 1.807) is 0 Å². The van der Waals surface area contributed by atoms with Gasteiger partial charge in [0.15, 0.2) is 5.82 Å². The average Bonchev–Trinajstić information content (AvgIpc) is 3.46. The molecule has 0 unspecified atom stereocenters. The molecule has 0 atom stereocenters. The van der Waals surface area contributed by atoms with Crippen LogP contribution in [0.15, 0.2) is 146 Å². The number of tetrazole rings is 1. The van der Waals surface area contributed by atoms with Gasteiger partial charge in [0.25, 0.3) is 0 Å². The summed E-state index contributed by atoms with van der Waals surface area (Å²) in [6.45, 7) is 0. The molecule has 0 N–H and O–H groups in total. The Bertz CT molecular complexity index is 1460. The minimum atomic E-state index is -0.785. The van der Waals surface area contributed by atoms with Gasteiger partial charge in [0.1, 0.15) is 5.54 Å². The molecule has 0 amide bonds. The highest BCUT2D eigenvalue weighted by Crippen LogP contribution is 2.43. The minimum absolute atomic E-state index is 0.700. The lowest BCUT2D eigenvalue weighted by Crippen LogP contribution is -2.39. The Hall–Kier alpha value is -4.83. The molecular formula is C32H24N4. The van der Waals surface area contributed by atoms with Crippen LogP contribution >= 0.6 is 0 Å². The van der Waals surface area contributed by atoms with Gasteiger partial charge in [-0.2, -0.15) is 0 Å². The Labute approximate surface area is 210 Å². The van der Waals surface area contributed by atoms with Crippen LogP contribution in [0.25, 0.3) is 22.5 Å². The summed E-state index contributed by atoms with van der Waals surface area (Å²) < 4.78 is 1.98.